The van der Waals surface area contributed by atoms with Crippen molar-refractivity contribution in [3.05, 3.63) is 28.3 Å². The molecule has 0 radical (unpaired) electrons. The molecule has 0 aliphatic heterocycles. The lowest BCUT2D eigenvalue weighted by atomic mass is 9.91. The third kappa shape index (κ3) is 3.57. The van der Waals surface area contributed by atoms with E-state index in [-0.39, 0.29) is 29.0 Å². The van der Waals surface area contributed by atoms with Crippen LogP contribution in [0.1, 0.15) is 19.8 Å². The predicted octanol–water partition coefficient (Wildman–Crippen LogP) is 3.16. The molecule has 116 valence electrons. The van der Waals surface area contributed by atoms with Crippen molar-refractivity contribution in [2.75, 3.05) is 13.7 Å². The van der Waals surface area contributed by atoms with Crippen LogP contribution in [-0.2, 0) is 4.74 Å². The molecule has 1 aliphatic rings. The molecule has 6 nitrogen and oxygen atoms in total. The molecule has 0 heterocycles. The fourth-order valence-electron chi connectivity index (χ4n) is 2.14. The number of alkyl halides is 1. The van der Waals surface area contributed by atoms with Gasteiger partial charge in [-0.3, -0.25) is 10.1 Å². The first-order chi connectivity index (χ1) is 10.1. The summed E-state index contributed by atoms with van der Waals surface area (Å²) < 4.78 is 16.4. The van der Waals surface area contributed by atoms with E-state index < -0.39 is 4.92 Å². The van der Waals surface area contributed by atoms with Crippen LogP contribution in [0.4, 0.5) is 5.69 Å². The van der Waals surface area contributed by atoms with Crippen molar-refractivity contribution in [2.45, 2.75) is 37.4 Å². The number of halogens is 1. The van der Waals surface area contributed by atoms with E-state index >= 15 is 0 Å². The molecule has 1 saturated carbocycles. The van der Waals surface area contributed by atoms with Gasteiger partial charge in [-0.1, -0.05) is 6.92 Å². The van der Waals surface area contributed by atoms with Gasteiger partial charge in [-0.15, -0.1) is 11.6 Å². The molecule has 0 saturated heterocycles. The van der Waals surface area contributed by atoms with Crippen LogP contribution >= 0.6 is 11.6 Å². The molecular formula is C14H18ClNO5. The number of nitro benzene ring substituents is 1. The van der Waals surface area contributed by atoms with Crippen LogP contribution in [0.5, 0.6) is 11.5 Å². The first kappa shape index (κ1) is 15.9. The number of hydrogen-bond acceptors (Lipinski definition) is 5. The number of methoxy groups -OCH3 is 1. The van der Waals surface area contributed by atoms with Crippen LogP contribution in [0.15, 0.2) is 18.2 Å². The summed E-state index contributed by atoms with van der Waals surface area (Å²) >= 11 is 6.11. The summed E-state index contributed by atoms with van der Waals surface area (Å²) in [4.78, 5) is 10.6. The summed E-state index contributed by atoms with van der Waals surface area (Å²) in [5.74, 6) is 0.682. The molecule has 0 spiro atoms. The van der Waals surface area contributed by atoms with Gasteiger partial charge < -0.3 is 14.2 Å². The maximum Gasteiger partial charge on any atom is 0.311 e. The first-order valence-electron chi connectivity index (χ1n) is 6.81. The largest absolute Gasteiger partial charge is 0.497 e. The Morgan fingerprint density at radius 2 is 2.24 bits per heavy atom. The zero-order valence-electron chi connectivity index (χ0n) is 12.0. The maximum absolute atomic E-state index is 11.1. The van der Waals surface area contributed by atoms with Crippen LogP contribution in [0.3, 0.4) is 0 Å². The smallest absolute Gasteiger partial charge is 0.311 e. The number of hydrogen-bond donors (Lipinski definition) is 0. The Morgan fingerprint density at radius 3 is 2.81 bits per heavy atom. The number of ether oxygens (including phenoxy) is 3. The van der Waals surface area contributed by atoms with E-state index in [1.54, 1.807) is 0 Å². The molecule has 21 heavy (non-hydrogen) atoms. The standard InChI is InChI=1S/C14H18ClNO5/c1-3-6-20-14-10(15)8-13(14)21-12-7-9(19-2)4-5-11(12)16(17)18/h4-5,7,10,13-14H,3,6,8H2,1-2H3. The van der Waals surface area contributed by atoms with Gasteiger partial charge in [0, 0.05) is 25.2 Å². The van der Waals surface area contributed by atoms with E-state index in [2.05, 4.69) is 0 Å². The van der Waals surface area contributed by atoms with Crippen molar-refractivity contribution in [3.8, 4) is 11.5 Å². The molecule has 1 aromatic carbocycles. The Hall–Kier alpha value is -1.53. The highest BCUT2D eigenvalue weighted by Gasteiger charge is 2.43. The Morgan fingerprint density at radius 1 is 1.48 bits per heavy atom. The molecule has 3 atom stereocenters. The van der Waals surface area contributed by atoms with Crippen LogP contribution in [-0.4, -0.2) is 36.2 Å². The number of nitrogens with zero attached hydrogens (tertiary/aromatic N) is 1. The number of benzene rings is 1. The van der Waals surface area contributed by atoms with Crippen molar-refractivity contribution in [3.63, 3.8) is 0 Å². The van der Waals surface area contributed by atoms with Gasteiger partial charge in [-0.25, -0.2) is 0 Å². The normalized spacial score (nSPS) is 24.2. The monoisotopic (exact) mass is 315 g/mol. The molecule has 3 unspecified atom stereocenters. The lowest BCUT2D eigenvalue weighted by Gasteiger charge is -2.40. The van der Waals surface area contributed by atoms with Gasteiger partial charge in [0.2, 0.25) is 5.75 Å². The molecule has 1 aliphatic carbocycles. The molecule has 2 rings (SSSR count). The van der Waals surface area contributed by atoms with E-state index in [0.717, 1.165) is 6.42 Å². The van der Waals surface area contributed by atoms with Gasteiger partial charge in [-0.05, 0) is 12.5 Å². The maximum atomic E-state index is 11.1. The summed E-state index contributed by atoms with van der Waals surface area (Å²) in [6, 6.07) is 4.41. The van der Waals surface area contributed by atoms with E-state index in [1.807, 2.05) is 6.92 Å². The fraction of sp³-hybridized carbons (Fsp3) is 0.571. The van der Waals surface area contributed by atoms with Crippen LogP contribution in [0.25, 0.3) is 0 Å². The molecular weight excluding hydrogens is 298 g/mol. The molecule has 7 heteroatoms. The number of nitro groups is 1. The third-order valence-corrected chi connectivity index (χ3v) is 3.76. The molecule has 1 aromatic rings. The predicted molar refractivity (Wildman–Crippen MR) is 78.4 cm³/mol. The van der Waals surface area contributed by atoms with Gasteiger partial charge in [0.25, 0.3) is 0 Å². The van der Waals surface area contributed by atoms with E-state index in [4.69, 9.17) is 25.8 Å². The van der Waals surface area contributed by atoms with Crippen molar-refractivity contribution in [1.29, 1.82) is 0 Å². The average Bonchev–Trinajstić information content (AvgIpc) is 2.46. The summed E-state index contributed by atoms with van der Waals surface area (Å²) in [6.07, 6.45) is 0.971. The average molecular weight is 316 g/mol. The lowest BCUT2D eigenvalue weighted by Crippen LogP contribution is -2.52. The van der Waals surface area contributed by atoms with Crippen molar-refractivity contribution >= 4 is 17.3 Å². The zero-order chi connectivity index (χ0) is 15.4. The Kier molecular flexibility index (Phi) is 5.25. The van der Waals surface area contributed by atoms with E-state index in [1.165, 1.54) is 25.3 Å². The van der Waals surface area contributed by atoms with E-state index in [0.29, 0.717) is 18.8 Å². The minimum absolute atomic E-state index is 0.0944. The van der Waals surface area contributed by atoms with Gasteiger partial charge in [-0.2, -0.15) is 0 Å². The molecule has 1 fully saturated rings. The molecule has 0 N–H and O–H groups in total. The highest BCUT2D eigenvalue weighted by Crippen LogP contribution is 2.37. The highest BCUT2D eigenvalue weighted by molar-refractivity contribution is 6.21. The zero-order valence-corrected chi connectivity index (χ0v) is 12.7. The summed E-state index contributed by atoms with van der Waals surface area (Å²) in [5.41, 5.74) is -0.0944. The second-order valence-electron chi connectivity index (χ2n) is 4.83. The second-order valence-corrected chi connectivity index (χ2v) is 5.39. The Balaban J connectivity index is 2.12. The fourth-order valence-corrected chi connectivity index (χ4v) is 2.55. The van der Waals surface area contributed by atoms with Crippen LogP contribution < -0.4 is 9.47 Å². The summed E-state index contributed by atoms with van der Waals surface area (Å²) in [7, 11) is 1.50. The first-order valence-corrected chi connectivity index (χ1v) is 7.25. The minimum Gasteiger partial charge on any atom is -0.497 e. The SMILES string of the molecule is CCCOC1C(Cl)CC1Oc1cc(OC)ccc1[N+](=O)[O-]. The van der Waals surface area contributed by atoms with Crippen molar-refractivity contribution in [2.24, 2.45) is 0 Å². The topological polar surface area (TPSA) is 70.8 Å². The Labute approximate surface area is 128 Å². The van der Waals surface area contributed by atoms with Gasteiger partial charge in [0.05, 0.1) is 17.4 Å². The third-order valence-electron chi connectivity index (χ3n) is 3.34. The Bertz CT molecular complexity index is 510. The highest BCUT2D eigenvalue weighted by atomic mass is 35.5. The molecule has 0 amide bonds. The van der Waals surface area contributed by atoms with Gasteiger partial charge in [0.1, 0.15) is 18.0 Å². The minimum atomic E-state index is -0.479. The summed E-state index contributed by atoms with van der Waals surface area (Å²) in [5, 5.41) is 10.9. The van der Waals surface area contributed by atoms with Gasteiger partial charge >= 0.3 is 5.69 Å². The lowest BCUT2D eigenvalue weighted by molar-refractivity contribution is -0.386. The molecule has 0 aromatic heterocycles. The van der Waals surface area contributed by atoms with Crippen molar-refractivity contribution in [1.82, 2.24) is 0 Å². The van der Waals surface area contributed by atoms with Gasteiger partial charge in [0.15, 0.2) is 0 Å². The second kappa shape index (κ2) is 6.95. The van der Waals surface area contributed by atoms with Crippen LogP contribution in [0.2, 0.25) is 0 Å². The molecule has 0 bridgehead atoms. The number of rotatable bonds is 7. The van der Waals surface area contributed by atoms with E-state index in [9.17, 15) is 10.1 Å². The quantitative estimate of drug-likeness (QED) is 0.439. The summed E-state index contributed by atoms with van der Waals surface area (Å²) in [6.45, 7) is 2.60. The van der Waals surface area contributed by atoms with Crippen molar-refractivity contribution < 1.29 is 19.1 Å². The van der Waals surface area contributed by atoms with Crippen LogP contribution in [0, 0.1) is 10.1 Å².